The molecule has 0 bridgehead atoms. The highest BCUT2D eigenvalue weighted by Crippen LogP contribution is 2.27. The molecule has 0 radical (unpaired) electrons. The minimum atomic E-state index is -0.640. The summed E-state index contributed by atoms with van der Waals surface area (Å²) in [6, 6.07) is 12.4. The van der Waals surface area contributed by atoms with Crippen LogP contribution in [0.1, 0.15) is 18.1 Å². The zero-order chi connectivity index (χ0) is 14.0. The van der Waals surface area contributed by atoms with Crippen molar-refractivity contribution in [3.05, 3.63) is 68.9 Å². The summed E-state index contributed by atoms with van der Waals surface area (Å²) in [5.74, 6) is -0.320. The minimum Gasteiger partial charge on any atom is -0.321 e. The standard InChI is InChI=1S/C15H14BrClFN/c1-15(19,11-3-2-4-12(16)7-11)9-10-5-6-13(17)8-14(10)18/h2-8H,9,19H2,1H3. The lowest BCUT2D eigenvalue weighted by Gasteiger charge is -2.26. The maximum absolute atomic E-state index is 13.8. The smallest absolute Gasteiger partial charge is 0.127 e. The van der Waals surface area contributed by atoms with Crippen LogP contribution in [0.15, 0.2) is 46.9 Å². The monoisotopic (exact) mass is 341 g/mol. The molecule has 1 nitrogen and oxygen atoms in total. The molecular weight excluding hydrogens is 329 g/mol. The molecule has 4 heteroatoms. The Bertz CT molecular complexity index is 598. The van der Waals surface area contributed by atoms with Crippen molar-refractivity contribution in [1.82, 2.24) is 0 Å². The highest BCUT2D eigenvalue weighted by molar-refractivity contribution is 9.10. The van der Waals surface area contributed by atoms with Gasteiger partial charge in [0.2, 0.25) is 0 Å². The van der Waals surface area contributed by atoms with Gasteiger partial charge < -0.3 is 5.73 Å². The van der Waals surface area contributed by atoms with Gasteiger partial charge in [0, 0.05) is 15.0 Å². The lowest BCUT2D eigenvalue weighted by Crippen LogP contribution is -2.35. The number of rotatable bonds is 3. The largest absolute Gasteiger partial charge is 0.321 e. The molecule has 0 aliphatic heterocycles. The van der Waals surface area contributed by atoms with Crippen LogP contribution < -0.4 is 5.73 Å². The maximum atomic E-state index is 13.8. The van der Waals surface area contributed by atoms with Gasteiger partial charge in [-0.3, -0.25) is 0 Å². The molecule has 2 N–H and O–H groups in total. The fourth-order valence-corrected chi connectivity index (χ4v) is 2.56. The molecule has 1 atom stereocenters. The molecule has 0 aliphatic carbocycles. The number of hydrogen-bond donors (Lipinski definition) is 1. The van der Waals surface area contributed by atoms with Gasteiger partial charge in [-0.1, -0.05) is 45.7 Å². The van der Waals surface area contributed by atoms with E-state index in [4.69, 9.17) is 17.3 Å². The van der Waals surface area contributed by atoms with Gasteiger partial charge in [-0.25, -0.2) is 4.39 Å². The van der Waals surface area contributed by atoms with E-state index in [1.165, 1.54) is 6.07 Å². The molecule has 0 saturated heterocycles. The molecule has 100 valence electrons. The number of nitrogens with two attached hydrogens (primary N) is 1. The molecule has 19 heavy (non-hydrogen) atoms. The maximum Gasteiger partial charge on any atom is 0.127 e. The van der Waals surface area contributed by atoms with Crippen molar-refractivity contribution >= 4 is 27.5 Å². The summed E-state index contributed by atoms with van der Waals surface area (Å²) in [5.41, 5.74) is 7.20. The highest BCUT2D eigenvalue weighted by Gasteiger charge is 2.23. The van der Waals surface area contributed by atoms with Crippen molar-refractivity contribution < 1.29 is 4.39 Å². The van der Waals surface area contributed by atoms with Crippen molar-refractivity contribution in [1.29, 1.82) is 0 Å². The lowest BCUT2D eigenvalue weighted by atomic mass is 9.86. The van der Waals surface area contributed by atoms with E-state index in [0.717, 1.165) is 10.0 Å². The zero-order valence-electron chi connectivity index (χ0n) is 10.5. The third kappa shape index (κ3) is 3.56. The predicted molar refractivity (Wildman–Crippen MR) is 80.8 cm³/mol. The molecule has 2 aromatic rings. The molecule has 2 aromatic carbocycles. The highest BCUT2D eigenvalue weighted by atomic mass is 79.9. The van der Waals surface area contributed by atoms with Crippen LogP contribution in [-0.2, 0) is 12.0 Å². The molecular formula is C15H14BrClFN. The van der Waals surface area contributed by atoms with Gasteiger partial charge in [0.05, 0.1) is 0 Å². The Balaban J connectivity index is 2.30. The van der Waals surface area contributed by atoms with Crippen LogP contribution in [0.3, 0.4) is 0 Å². The molecule has 0 fully saturated rings. The SMILES string of the molecule is CC(N)(Cc1ccc(Cl)cc1F)c1cccc(Br)c1. The van der Waals surface area contributed by atoms with Crippen molar-refractivity contribution in [2.45, 2.75) is 18.9 Å². The van der Waals surface area contributed by atoms with Crippen molar-refractivity contribution in [2.24, 2.45) is 5.73 Å². The Morgan fingerprint density at radius 2 is 2.00 bits per heavy atom. The molecule has 0 aromatic heterocycles. The summed E-state index contributed by atoms with van der Waals surface area (Å²) in [4.78, 5) is 0. The van der Waals surface area contributed by atoms with Crippen LogP contribution >= 0.6 is 27.5 Å². The summed E-state index contributed by atoms with van der Waals surface area (Å²) in [6.45, 7) is 1.89. The van der Waals surface area contributed by atoms with E-state index in [0.29, 0.717) is 17.0 Å². The fourth-order valence-electron chi connectivity index (χ4n) is 2.01. The van der Waals surface area contributed by atoms with Gasteiger partial charge in [-0.15, -0.1) is 0 Å². The normalized spacial score (nSPS) is 14.2. The van der Waals surface area contributed by atoms with E-state index in [1.54, 1.807) is 12.1 Å². The third-order valence-corrected chi connectivity index (χ3v) is 3.79. The first-order valence-corrected chi connectivity index (χ1v) is 7.04. The van der Waals surface area contributed by atoms with Crippen LogP contribution in [0.4, 0.5) is 4.39 Å². The Labute approximate surface area is 125 Å². The Morgan fingerprint density at radius 1 is 1.26 bits per heavy atom. The van der Waals surface area contributed by atoms with Gasteiger partial charge in [-0.05, 0) is 48.7 Å². The molecule has 0 spiro atoms. The lowest BCUT2D eigenvalue weighted by molar-refractivity contribution is 0.475. The van der Waals surface area contributed by atoms with Gasteiger partial charge in [-0.2, -0.15) is 0 Å². The van der Waals surface area contributed by atoms with E-state index in [-0.39, 0.29) is 5.82 Å². The molecule has 0 aliphatic rings. The Kier molecular flexibility index (Phi) is 4.29. The summed E-state index contributed by atoms with van der Waals surface area (Å²) in [7, 11) is 0. The fraction of sp³-hybridized carbons (Fsp3) is 0.200. The second kappa shape index (κ2) is 5.61. The molecule has 2 rings (SSSR count). The first-order valence-electron chi connectivity index (χ1n) is 5.87. The Hall–Kier alpha value is -0.900. The number of hydrogen-bond acceptors (Lipinski definition) is 1. The van der Waals surface area contributed by atoms with Crippen molar-refractivity contribution in [2.75, 3.05) is 0 Å². The van der Waals surface area contributed by atoms with E-state index >= 15 is 0 Å². The van der Waals surface area contributed by atoms with Crippen molar-refractivity contribution in [3.8, 4) is 0 Å². The molecule has 0 saturated carbocycles. The summed E-state index contributed by atoms with van der Waals surface area (Å²) >= 11 is 9.17. The molecule has 0 amide bonds. The number of benzene rings is 2. The topological polar surface area (TPSA) is 26.0 Å². The summed E-state index contributed by atoms with van der Waals surface area (Å²) < 4.78 is 14.8. The van der Waals surface area contributed by atoms with Crippen LogP contribution in [0.25, 0.3) is 0 Å². The second-order valence-corrected chi connectivity index (χ2v) is 6.19. The van der Waals surface area contributed by atoms with E-state index in [1.807, 2.05) is 31.2 Å². The summed E-state index contributed by atoms with van der Waals surface area (Å²) in [6.07, 6.45) is 0.409. The van der Waals surface area contributed by atoms with Crippen LogP contribution in [0, 0.1) is 5.82 Å². The first-order chi connectivity index (χ1) is 8.88. The van der Waals surface area contributed by atoms with Crippen molar-refractivity contribution in [3.63, 3.8) is 0 Å². The third-order valence-electron chi connectivity index (χ3n) is 3.06. The average molecular weight is 343 g/mol. The first kappa shape index (κ1) is 14.5. The predicted octanol–water partition coefficient (Wildman–Crippen LogP) is 4.66. The van der Waals surface area contributed by atoms with Gasteiger partial charge in [0.1, 0.15) is 5.82 Å². The quantitative estimate of drug-likeness (QED) is 0.862. The van der Waals surface area contributed by atoms with E-state index in [2.05, 4.69) is 15.9 Å². The van der Waals surface area contributed by atoms with E-state index < -0.39 is 5.54 Å². The summed E-state index contributed by atoms with van der Waals surface area (Å²) in [5, 5.41) is 0.391. The molecule has 1 unspecified atom stereocenters. The van der Waals surface area contributed by atoms with Gasteiger partial charge in [0.15, 0.2) is 0 Å². The van der Waals surface area contributed by atoms with Gasteiger partial charge >= 0.3 is 0 Å². The Morgan fingerprint density at radius 3 is 2.63 bits per heavy atom. The minimum absolute atomic E-state index is 0.320. The number of halogens is 3. The van der Waals surface area contributed by atoms with E-state index in [9.17, 15) is 4.39 Å². The average Bonchev–Trinajstić information content (AvgIpc) is 2.33. The van der Waals surface area contributed by atoms with Crippen LogP contribution in [0.5, 0.6) is 0 Å². The van der Waals surface area contributed by atoms with Crippen LogP contribution in [-0.4, -0.2) is 0 Å². The molecule has 0 heterocycles. The second-order valence-electron chi connectivity index (χ2n) is 4.84. The van der Waals surface area contributed by atoms with Crippen LogP contribution in [0.2, 0.25) is 5.02 Å². The van der Waals surface area contributed by atoms with Gasteiger partial charge in [0.25, 0.3) is 0 Å². The zero-order valence-corrected chi connectivity index (χ0v) is 12.8.